The molecule has 3 rings (SSSR count). The molecule has 0 aliphatic rings. The van der Waals surface area contributed by atoms with E-state index in [1.54, 1.807) is 13.4 Å². The number of benzene rings is 2. The molecule has 0 bridgehead atoms. The third kappa shape index (κ3) is 3.01. The van der Waals surface area contributed by atoms with Gasteiger partial charge in [-0.1, -0.05) is 42.5 Å². The molecule has 0 spiro atoms. The molecule has 0 aliphatic heterocycles. The number of nitrogens with zero attached hydrogens (tertiary/aromatic N) is 3. The van der Waals surface area contributed by atoms with Crippen molar-refractivity contribution in [2.75, 3.05) is 7.11 Å². The van der Waals surface area contributed by atoms with Crippen LogP contribution in [0.15, 0.2) is 60.9 Å². The molecule has 0 fully saturated rings. The molecular formula is C18H19N3O. The predicted octanol–water partition coefficient (Wildman–Crippen LogP) is 3.49. The van der Waals surface area contributed by atoms with E-state index >= 15 is 0 Å². The van der Waals surface area contributed by atoms with Crippen LogP contribution >= 0.6 is 0 Å². The van der Waals surface area contributed by atoms with Gasteiger partial charge in [0.25, 0.3) is 0 Å². The lowest BCUT2D eigenvalue weighted by molar-refractivity contribution is 0.414. The first kappa shape index (κ1) is 14.3. The van der Waals surface area contributed by atoms with Gasteiger partial charge in [0.05, 0.1) is 13.2 Å². The Morgan fingerprint density at radius 2 is 1.77 bits per heavy atom. The second-order valence-electron chi connectivity index (χ2n) is 5.27. The molecule has 1 heterocycles. The molecule has 1 aromatic heterocycles. The Kier molecular flexibility index (Phi) is 4.19. The molecule has 0 amide bonds. The van der Waals surface area contributed by atoms with Crippen molar-refractivity contribution in [2.24, 2.45) is 0 Å². The molecule has 0 radical (unpaired) electrons. The van der Waals surface area contributed by atoms with Crippen molar-refractivity contribution in [3.63, 3.8) is 0 Å². The fraction of sp³-hybridized carbons (Fsp3) is 0.222. The predicted molar refractivity (Wildman–Crippen MR) is 86.1 cm³/mol. The molecule has 0 saturated heterocycles. The van der Waals surface area contributed by atoms with Crippen LogP contribution in [0.3, 0.4) is 0 Å². The summed E-state index contributed by atoms with van der Waals surface area (Å²) < 4.78 is 7.32. The molecule has 0 N–H and O–H groups in total. The van der Waals surface area contributed by atoms with Crippen LogP contribution in [0.25, 0.3) is 0 Å². The lowest BCUT2D eigenvalue weighted by Gasteiger charge is -2.16. The maximum atomic E-state index is 5.19. The Morgan fingerprint density at radius 3 is 2.45 bits per heavy atom. The average molecular weight is 293 g/mol. The number of hydrogen-bond acceptors (Lipinski definition) is 3. The number of ether oxygens (including phenoxy) is 1. The summed E-state index contributed by atoms with van der Waals surface area (Å²) in [5.74, 6) is 1.82. The zero-order chi connectivity index (χ0) is 15.4. The molecule has 0 unspecified atom stereocenters. The van der Waals surface area contributed by atoms with Crippen molar-refractivity contribution in [2.45, 2.75) is 19.4 Å². The zero-order valence-electron chi connectivity index (χ0n) is 12.8. The van der Waals surface area contributed by atoms with Gasteiger partial charge in [0.15, 0.2) is 0 Å². The first-order valence-corrected chi connectivity index (χ1v) is 7.34. The van der Waals surface area contributed by atoms with Gasteiger partial charge in [0, 0.05) is 6.42 Å². The van der Waals surface area contributed by atoms with E-state index < -0.39 is 0 Å². The largest absolute Gasteiger partial charge is 0.497 e. The summed E-state index contributed by atoms with van der Waals surface area (Å²) in [6.07, 6.45) is 2.55. The summed E-state index contributed by atoms with van der Waals surface area (Å²) in [6.45, 7) is 2.16. The van der Waals surface area contributed by atoms with Gasteiger partial charge in [-0.15, -0.1) is 10.2 Å². The molecule has 4 heteroatoms. The first-order valence-electron chi connectivity index (χ1n) is 7.34. The number of hydrogen-bond donors (Lipinski definition) is 0. The molecule has 112 valence electrons. The van der Waals surface area contributed by atoms with Crippen LogP contribution in [-0.2, 0) is 6.42 Å². The summed E-state index contributed by atoms with van der Waals surface area (Å²) >= 11 is 0. The normalized spacial score (nSPS) is 12.1. The number of methoxy groups -OCH3 is 1. The fourth-order valence-corrected chi connectivity index (χ4v) is 2.53. The van der Waals surface area contributed by atoms with Crippen LogP contribution in [0, 0.1) is 0 Å². The highest BCUT2D eigenvalue weighted by molar-refractivity contribution is 5.29. The average Bonchev–Trinajstić information content (AvgIpc) is 3.04. The Hall–Kier alpha value is -2.62. The molecular weight excluding hydrogens is 274 g/mol. The second kappa shape index (κ2) is 6.43. The zero-order valence-corrected chi connectivity index (χ0v) is 12.8. The van der Waals surface area contributed by atoms with Gasteiger partial charge in [0.2, 0.25) is 0 Å². The third-order valence-electron chi connectivity index (χ3n) is 3.87. The second-order valence-corrected chi connectivity index (χ2v) is 5.27. The smallest absolute Gasteiger partial charge is 0.137 e. The lowest BCUT2D eigenvalue weighted by Crippen LogP contribution is -2.10. The third-order valence-corrected chi connectivity index (χ3v) is 3.87. The van der Waals surface area contributed by atoms with Crippen LogP contribution in [0.2, 0.25) is 0 Å². The minimum atomic E-state index is 0.212. The van der Waals surface area contributed by atoms with Crippen LogP contribution in [0.5, 0.6) is 5.75 Å². The Bertz CT molecular complexity index is 720. The quantitative estimate of drug-likeness (QED) is 0.723. The number of rotatable bonds is 5. The summed E-state index contributed by atoms with van der Waals surface area (Å²) in [6, 6.07) is 18.7. The van der Waals surface area contributed by atoms with Gasteiger partial charge in [-0.25, -0.2) is 0 Å². The van der Waals surface area contributed by atoms with E-state index in [-0.39, 0.29) is 6.04 Å². The number of aromatic nitrogens is 3. The summed E-state index contributed by atoms with van der Waals surface area (Å²) in [7, 11) is 1.67. The van der Waals surface area contributed by atoms with Crippen molar-refractivity contribution in [1.82, 2.24) is 14.8 Å². The standard InChI is InChI=1S/C18H19N3O/c1-14(16-6-4-3-5-7-16)21-13-19-20-18(21)12-15-8-10-17(22-2)11-9-15/h3-11,13-14H,12H2,1-2H3/t14-/m0/s1. The molecule has 1 atom stereocenters. The summed E-state index contributed by atoms with van der Waals surface area (Å²) in [5.41, 5.74) is 2.44. The van der Waals surface area contributed by atoms with Crippen molar-refractivity contribution in [3.8, 4) is 5.75 Å². The minimum Gasteiger partial charge on any atom is -0.497 e. The van der Waals surface area contributed by atoms with Gasteiger partial charge < -0.3 is 9.30 Å². The topological polar surface area (TPSA) is 39.9 Å². The van der Waals surface area contributed by atoms with Gasteiger partial charge in [-0.2, -0.15) is 0 Å². The van der Waals surface area contributed by atoms with E-state index in [4.69, 9.17) is 4.74 Å². The molecule has 0 aliphatic carbocycles. The van der Waals surface area contributed by atoms with Crippen LogP contribution in [0.4, 0.5) is 0 Å². The molecule has 3 aromatic rings. The van der Waals surface area contributed by atoms with Gasteiger partial charge in [0.1, 0.15) is 17.9 Å². The van der Waals surface area contributed by atoms with E-state index in [9.17, 15) is 0 Å². The van der Waals surface area contributed by atoms with E-state index in [1.807, 2.05) is 18.2 Å². The van der Waals surface area contributed by atoms with Crippen molar-refractivity contribution in [3.05, 3.63) is 77.9 Å². The maximum absolute atomic E-state index is 5.19. The van der Waals surface area contributed by atoms with E-state index in [0.717, 1.165) is 18.0 Å². The van der Waals surface area contributed by atoms with Gasteiger partial charge >= 0.3 is 0 Å². The fourth-order valence-electron chi connectivity index (χ4n) is 2.53. The Balaban J connectivity index is 1.82. The molecule has 4 nitrogen and oxygen atoms in total. The highest BCUT2D eigenvalue weighted by atomic mass is 16.5. The van der Waals surface area contributed by atoms with E-state index in [2.05, 4.69) is 58.1 Å². The highest BCUT2D eigenvalue weighted by Crippen LogP contribution is 2.20. The minimum absolute atomic E-state index is 0.212. The maximum Gasteiger partial charge on any atom is 0.137 e. The van der Waals surface area contributed by atoms with E-state index in [1.165, 1.54) is 11.1 Å². The summed E-state index contributed by atoms with van der Waals surface area (Å²) in [5, 5.41) is 8.37. The summed E-state index contributed by atoms with van der Waals surface area (Å²) in [4.78, 5) is 0. The highest BCUT2D eigenvalue weighted by Gasteiger charge is 2.13. The van der Waals surface area contributed by atoms with E-state index in [0.29, 0.717) is 0 Å². The van der Waals surface area contributed by atoms with Crippen molar-refractivity contribution >= 4 is 0 Å². The van der Waals surface area contributed by atoms with Crippen LogP contribution in [0.1, 0.15) is 29.9 Å². The lowest BCUT2D eigenvalue weighted by atomic mass is 10.1. The van der Waals surface area contributed by atoms with Gasteiger partial charge in [-0.3, -0.25) is 0 Å². The Morgan fingerprint density at radius 1 is 1.05 bits per heavy atom. The Labute approximate surface area is 130 Å². The molecule has 2 aromatic carbocycles. The van der Waals surface area contributed by atoms with Gasteiger partial charge in [-0.05, 0) is 30.2 Å². The van der Waals surface area contributed by atoms with Crippen LogP contribution in [-0.4, -0.2) is 21.9 Å². The van der Waals surface area contributed by atoms with Crippen molar-refractivity contribution in [1.29, 1.82) is 0 Å². The first-order chi connectivity index (χ1) is 10.8. The SMILES string of the molecule is COc1ccc(Cc2nncn2[C@@H](C)c2ccccc2)cc1. The van der Waals surface area contributed by atoms with Crippen molar-refractivity contribution < 1.29 is 4.74 Å². The van der Waals surface area contributed by atoms with Crippen LogP contribution < -0.4 is 4.74 Å². The monoisotopic (exact) mass is 293 g/mol. The molecule has 0 saturated carbocycles. The molecule has 22 heavy (non-hydrogen) atoms.